The zero-order valence-electron chi connectivity index (χ0n) is 14.5. The van der Waals surface area contributed by atoms with Gasteiger partial charge in [-0.05, 0) is 25.0 Å². The number of carbonyl (C=O) groups is 1. The van der Waals surface area contributed by atoms with Crippen LogP contribution < -0.4 is 10.6 Å². The summed E-state index contributed by atoms with van der Waals surface area (Å²) in [4.78, 5) is 18.5. The summed E-state index contributed by atoms with van der Waals surface area (Å²) in [7, 11) is 5.44. The molecular weight excluding hydrogens is 290 g/mol. The first-order valence-corrected chi connectivity index (χ1v) is 8.34. The van der Waals surface area contributed by atoms with E-state index in [0.717, 1.165) is 44.7 Å². The van der Waals surface area contributed by atoms with E-state index < -0.39 is 0 Å². The van der Waals surface area contributed by atoms with Crippen molar-refractivity contribution in [1.82, 2.24) is 20.1 Å². The Labute approximate surface area is 139 Å². The molecule has 2 rings (SSSR count). The van der Waals surface area contributed by atoms with Gasteiger partial charge in [-0.15, -0.1) is 0 Å². The van der Waals surface area contributed by atoms with E-state index in [1.807, 2.05) is 38.6 Å². The Hall–Kier alpha value is -1.98. The number of carbonyl (C=O) groups excluding carboxylic acids is 1. The summed E-state index contributed by atoms with van der Waals surface area (Å²) >= 11 is 0. The van der Waals surface area contributed by atoms with Gasteiger partial charge in [0.25, 0.3) is 0 Å². The second-order valence-corrected chi connectivity index (χ2v) is 6.46. The van der Waals surface area contributed by atoms with Gasteiger partial charge in [-0.1, -0.05) is 12.8 Å². The lowest BCUT2D eigenvalue weighted by Crippen LogP contribution is -2.49. The lowest BCUT2D eigenvalue weighted by atomic mass is 9.84. The SMILES string of the molecule is CN=C(NCCn1cccc1)NCC1(C(=O)N(C)C)CCCC1. The number of guanidine groups is 1. The van der Waals surface area contributed by atoms with Crippen LogP contribution >= 0.6 is 0 Å². The van der Waals surface area contributed by atoms with E-state index in [9.17, 15) is 4.79 Å². The number of amides is 1. The molecule has 1 aliphatic rings. The molecular formula is C17H29N5O. The lowest BCUT2D eigenvalue weighted by Gasteiger charge is -2.31. The van der Waals surface area contributed by atoms with Crippen molar-refractivity contribution >= 4 is 11.9 Å². The van der Waals surface area contributed by atoms with Crippen LogP contribution in [0.1, 0.15) is 25.7 Å². The van der Waals surface area contributed by atoms with Gasteiger partial charge in [0.05, 0.1) is 5.41 Å². The Morgan fingerprint density at radius 2 is 1.87 bits per heavy atom. The monoisotopic (exact) mass is 319 g/mol. The Morgan fingerprint density at radius 1 is 1.22 bits per heavy atom. The number of aliphatic imine (C=N–C) groups is 1. The molecule has 1 aromatic rings. The average Bonchev–Trinajstić information content (AvgIpc) is 3.22. The highest BCUT2D eigenvalue weighted by Crippen LogP contribution is 2.38. The molecule has 0 aliphatic heterocycles. The number of nitrogens with one attached hydrogen (secondary N) is 2. The van der Waals surface area contributed by atoms with Gasteiger partial charge < -0.3 is 20.1 Å². The Bertz CT molecular complexity index is 515. The minimum atomic E-state index is -0.276. The molecule has 0 atom stereocenters. The van der Waals surface area contributed by atoms with E-state index >= 15 is 0 Å². The summed E-state index contributed by atoms with van der Waals surface area (Å²) in [5, 5.41) is 6.66. The molecule has 0 saturated heterocycles. The predicted molar refractivity (Wildman–Crippen MR) is 93.4 cm³/mol. The van der Waals surface area contributed by atoms with E-state index in [2.05, 4.69) is 20.2 Å². The number of aromatic nitrogens is 1. The molecule has 0 unspecified atom stereocenters. The highest BCUT2D eigenvalue weighted by molar-refractivity contribution is 5.85. The summed E-state index contributed by atoms with van der Waals surface area (Å²) in [6.45, 7) is 2.33. The van der Waals surface area contributed by atoms with E-state index in [-0.39, 0.29) is 11.3 Å². The molecule has 0 bridgehead atoms. The van der Waals surface area contributed by atoms with Crippen LogP contribution in [-0.4, -0.2) is 55.6 Å². The number of rotatable bonds is 6. The van der Waals surface area contributed by atoms with Crippen molar-refractivity contribution in [1.29, 1.82) is 0 Å². The van der Waals surface area contributed by atoms with Gasteiger partial charge in [-0.3, -0.25) is 9.79 Å². The smallest absolute Gasteiger partial charge is 0.230 e. The maximum atomic E-state index is 12.6. The summed E-state index contributed by atoms with van der Waals surface area (Å²) in [6.07, 6.45) is 8.25. The maximum Gasteiger partial charge on any atom is 0.230 e. The first kappa shape index (κ1) is 17.4. The fraction of sp³-hybridized carbons (Fsp3) is 0.647. The molecule has 6 nitrogen and oxygen atoms in total. The van der Waals surface area contributed by atoms with Crippen LogP contribution in [-0.2, 0) is 11.3 Å². The summed E-state index contributed by atoms with van der Waals surface area (Å²) in [5.74, 6) is 0.986. The van der Waals surface area contributed by atoms with Crippen molar-refractivity contribution in [3.63, 3.8) is 0 Å². The quantitative estimate of drug-likeness (QED) is 0.614. The van der Waals surface area contributed by atoms with Crippen LogP contribution in [0.3, 0.4) is 0 Å². The lowest BCUT2D eigenvalue weighted by molar-refractivity contribution is -0.138. The Kier molecular flexibility index (Phi) is 6.07. The van der Waals surface area contributed by atoms with Crippen LogP contribution in [0.2, 0.25) is 0 Å². The molecule has 2 N–H and O–H groups in total. The molecule has 0 radical (unpaired) electrons. The second kappa shape index (κ2) is 8.04. The van der Waals surface area contributed by atoms with Crippen LogP contribution in [0.15, 0.2) is 29.5 Å². The van der Waals surface area contributed by atoms with Crippen LogP contribution in [0, 0.1) is 5.41 Å². The van der Waals surface area contributed by atoms with Crippen molar-refractivity contribution < 1.29 is 4.79 Å². The first-order valence-electron chi connectivity index (χ1n) is 8.34. The Balaban J connectivity index is 1.84. The van der Waals surface area contributed by atoms with E-state index in [4.69, 9.17) is 0 Å². The third-order valence-electron chi connectivity index (χ3n) is 4.57. The van der Waals surface area contributed by atoms with Crippen molar-refractivity contribution in [3.8, 4) is 0 Å². The molecule has 6 heteroatoms. The minimum absolute atomic E-state index is 0.227. The molecule has 1 amide bonds. The molecule has 1 aromatic heterocycles. The fourth-order valence-corrected chi connectivity index (χ4v) is 3.29. The summed E-state index contributed by atoms with van der Waals surface area (Å²) in [5.41, 5.74) is -0.276. The van der Waals surface area contributed by atoms with Crippen LogP contribution in [0.25, 0.3) is 0 Å². The van der Waals surface area contributed by atoms with E-state index in [1.54, 1.807) is 11.9 Å². The standard InChI is InChI=1S/C17H29N5O/c1-18-16(19-10-13-22-11-6-7-12-22)20-14-17(8-4-5-9-17)15(23)21(2)3/h6-7,11-12H,4-5,8-10,13-14H2,1-3H3,(H2,18,19,20). The second-order valence-electron chi connectivity index (χ2n) is 6.46. The topological polar surface area (TPSA) is 61.7 Å². The number of nitrogens with zero attached hydrogens (tertiary/aromatic N) is 3. The molecule has 1 aliphatic carbocycles. The molecule has 1 heterocycles. The zero-order chi connectivity index (χ0) is 16.7. The van der Waals surface area contributed by atoms with Gasteiger partial charge in [-0.25, -0.2) is 0 Å². The first-order chi connectivity index (χ1) is 11.1. The van der Waals surface area contributed by atoms with Crippen molar-refractivity contribution in [2.45, 2.75) is 32.2 Å². The number of hydrogen-bond donors (Lipinski definition) is 2. The number of hydrogen-bond acceptors (Lipinski definition) is 2. The van der Waals surface area contributed by atoms with E-state index in [0.29, 0.717) is 6.54 Å². The van der Waals surface area contributed by atoms with Gasteiger partial charge in [0.2, 0.25) is 5.91 Å². The molecule has 0 spiro atoms. The predicted octanol–water partition coefficient (Wildman–Crippen LogP) is 1.30. The average molecular weight is 319 g/mol. The largest absolute Gasteiger partial charge is 0.355 e. The molecule has 128 valence electrons. The van der Waals surface area contributed by atoms with Crippen LogP contribution in [0.5, 0.6) is 0 Å². The van der Waals surface area contributed by atoms with Crippen LogP contribution in [0.4, 0.5) is 0 Å². The maximum absolute atomic E-state index is 12.6. The Morgan fingerprint density at radius 3 is 2.43 bits per heavy atom. The van der Waals surface area contributed by atoms with Crippen molar-refractivity contribution in [2.75, 3.05) is 34.2 Å². The molecule has 0 aromatic carbocycles. The molecule has 23 heavy (non-hydrogen) atoms. The third kappa shape index (κ3) is 4.50. The van der Waals surface area contributed by atoms with Crippen molar-refractivity contribution in [2.24, 2.45) is 10.4 Å². The minimum Gasteiger partial charge on any atom is -0.355 e. The van der Waals surface area contributed by atoms with E-state index in [1.165, 1.54) is 0 Å². The van der Waals surface area contributed by atoms with Gasteiger partial charge >= 0.3 is 0 Å². The summed E-state index contributed by atoms with van der Waals surface area (Å²) < 4.78 is 2.12. The zero-order valence-corrected chi connectivity index (χ0v) is 14.5. The third-order valence-corrected chi connectivity index (χ3v) is 4.57. The van der Waals surface area contributed by atoms with Crippen molar-refractivity contribution in [3.05, 3.63) is 24.5 Å². The van der Waals surface area contributed by atoms with Gasteiger partial charge in [-0.2, -0.15) is 0 Å². The van der Waals surface area contributed by atoms with Gasteiger partial charge in [0.15, 0.2) is 5.96 Å². The fourth-order valence-electron chi connectivity index (χ4n) is 3.29. The molecule has 1 saturated carbocycles. The molecule has 1 fully saturated rings. The highest BCUT2D eigenvalue weighted by Gasteiger charge is 2.42. The van der Waals surface area contributed by atoms with Gasteiger partial charge in [0, 0.05) is 53.2 Å². The summed E-state index contributed by atoms with van der Waals surface area (Å²) in [6, 6.07) is 4.04. The van der Waals surface area contributed by atoms with Gasteiger partial charge in [0.1, 0.15) is 0 Å². The highest BCUT2D eigenvalue weighted by atomic mass is 16.2. The normalized spacial score (nSPS) is 17.1.